The summed E-state index contributed by atoms with van der Waals surface area (Å²) >= 11 is 0. The van der Waals surface area contributed by atoms with Gasteiger partial charge in [-0.2, -0.15) is 0 Å². The number of ether oxygens (including phenoxy) is 2. The molecule has 0 amide bonds. The van der Waals surface area contributed by atoms with Crippen molar-refractivity contribution >= 4 is 6.16 Å². The van der Waals surface area contributed by atoms with Crippen molar-refractivity contribution in [2.75, 3.05) is 0 Å². The lowest BCUT2D eigenvalue weighted by atomic mass is 9.78. The molecule has 0 heterocycles. The van der Waals surface area contributed by atoms with Crippen molar-refractivity contribution in [3.8, 4) is 11.5 Å². The van der Waals surface area contributed by atoms with Crippen LogP contribution in [0.5, 0.6) is 11.5 Å². The molecule has 4 heteroatoms. The number of carbonyl (C=O) groups excluding carboxylic acids is 1. The molecule has 0 atom stereocenters. The van der Waals surface area contributed by atoms with E-state index in [1.807, 2.05) is 30.3 Å². The molecule has 3 aromatic carbocycles. The van der Waals surface area contributed by atoms with E-state index in [-0.39, 0.29) is 17.8 Å². The first-order chi connectivity index (χ1) is 13.0. The second-order valence-electron chi connectivity index (χ2n) is 6.78. The van der Waals surface area contributed by atoms with Gasteiger partial charge < -0.3 is 14.6 Å². The van der Waals surface area contributed by atoms with Gasteiger partial charge in [0.15, 0.2) is 0 Å². The summed E-state index contributed by atoms with van der Waals surface area (Å²) in [5.74, 6) is 0.489. The number of para-hydroxylation sites is 1. The first-order valence-corrected chi connectivity index (χ1v) is 8.74. The Morgan fingerprint density at radius 1 is 0.852 bits per heavy atom. The Labute approximate surface area is 159 Å². The third-order valence-corrected chi connectivity index (χ3v) is 4.61. The Morgan fingerprint density at radius 3 is 2.11 bits per heavy atom. The molecule has 0 aliphatic heterocycles. The molecule has 0 saturated heterocycles. The van der Waals surface area contributed by atoms with Gasteiger partial charge in [-0.05, 0) is 29.3 Å². The molecule has 1 N–H and O–H groups in total. The quantitative estimate of drug-likeness (QED) is 0.485. The van der Waals surface area contributed by atoms with Gasteiger partial charge in [0.25, 0.3) is 0 Å². The van der Waals surface area contributed by atoms with Crippen LogP contribution in [-0.4, -0.2) is 11.3 Å². The van der Waals surface area contributed by atoms with Crippen molar-refractivity contribution in [1.29, 1.82) is 0 Å². The average molecular weight is 362 g/mol. The van der Waals surface area contributed by atoms with Gasteiger partial charge in [0.05, 0.1) is 0 Å². The summed E-state index contributed by atoms with van der Waals surface area (Å²) in [5.41, 5.74) is 2.68. The number of benzene rings is 3. The fourth-order valence-corrected chi connectivity index (χ4v) is 2.86. The maximum absolute atomic E-state index is 11.9. The zero-order valence-corrected chi connectivity index (χ0v) is 15.4. The van der Waals surface area contributed by atoms with Gasteiger partial charge in [0.2, 0.25) is 0 Å². The maximum Gasteiger partial charge on any atom is 0.514 e. The summed E-state index contributed by atoms with van der Waals surface area (Å²) < 4.78 is 10.3. The summed E-state index contributed by atoms with van der Waals surface area (Å²) in [6, 6.07) is 24.3. The molecule has 0 aliphatic carbocycles. The minimum Gasteiger partial charge on any atom is -0.508 e. The Balaban J connectivity index is 1.62. The van der Waals surface area contributed by atoms with Crippen LogP contribution >= 0.6 is 0 Å². The van der Waals surface area contributed by atoms with E-state index in [2.05, 4.69) is 26.0 Å². The smallest absolute Gasteiger partial charge is 0.508 e. The number of hydrogen-bond acceptors (Lipinski definition) is 4. The van der Waals surface area contributed by atoms with E-state index in [0.717, 1.165) is 5.56 Å². The predicted molar refractivity (Wildman–Crippen MR) is 104 cm³/mol. The highest BCUT2D eigenvalue weighted by Gasteiger charge is 2.22. The molecule has 0 bridgehead atoms. The second kappa shape index (κ2) is 7.96. The first kappa shape index (κ1) is 18.5. The SMILES string of the molecule is CC(C)(c1ccccc1)c1ccc(OC(=O)OCc2ccccc2O)cc1. The average Bonchev–Trinajstić information content (AvgIpc) is 2.68. The molecule has 138 valence electrons. The van der Waals surface area contributed by atoms with Crippen molar-refractivity contribution in [3.63, 3.8) is 0 Å². The van der Waals surface area contributed by atoms with Crippen LogP contribution in [0, 0.1) is 0 Å². The topological polar surface area (TPSA) is 55.8 Å². The molecule has 0 fully saturated rings. The van der Waals surface area contributed by atoms with Crippen LogP contribution in [0.3, 0.4) is 0 Å². The first-order valence-electron chi connectivity index (χ1n) is 8.74. The molecule has 0 unspecified atom stereocenters. The van der Waals surface area contributed by atoms with Crippen LogP contribution in [0.1, 0.15) is 30.5 Å². The Morgan fingerprint density at radius 2 is 1.44 bits per heavy atom. The van der Waals surface area contributed by atoms with Gasteiger partial charge in [-0.15, -0.1) is 0 Å². The van der Waals surface area contributed by atoms with Crippen LogP contribution in [0.15, 0.2) is 78.9 Å². The molecular formula is C23H22O4. The lowest BCUT2D eigenvalue weighted by Gasteiger charge is -2.26. The maximum atomic E-state index is 11.9. The Bertz CT molecular complexity index is 899. The fraction of sp³-hybridized carbons (Fsp3) is 0.174. The molecule has 0 saturated carbocycles. The highest BCUT2D eigenvalue weighted by Crippen LogP contribution is 2.32. The van der Waals surface area contributed by atoms with E-state index in [0.29, 0.717) is 11.3 Å². The van der Waals surface area contributed by atoms with Crippen molar-refractivity contribution in [2.24, 2.45) is 0 Å². The monoisotopic (exact) mass is 362 g/mol. The van der Waals surface area contributed by atoms with E-state index < -0.39 is 6.16 Å². The molecule has 0 aromatic heterocycles. The standard InChI is InChI=1S/C23H22O4/c1-23(2,18-9-4-3-5-10-18)19-12-14-20(15-13-19)27-22(25)26-16-17-8-6-7-11-21(17)24/h3-15,24H,16H2,1-2H3. The van der Waals surface area contributed by atoms with Gasteiger partial charge in [-0.25, -0.2) is 4.79 Å². The fourth-order valence-electron chi connectivity index (χ4n) is 2.86. The summed E-state index contributed by atoms with van der Waals surface area (Å²) in [7, 11) is 0. The lowest BCUT2D eigenvalue weighted by Crippen LogP contribution is -2.18. The van der Waals surface area contributed by atoms with E-state index in [1.54, 1.807) is 30.3 Å². The summed E-state index contributed by atoms with van der Waals surface area (Å²) in [6.45, 7) is 4.25. The van der Waals surface area contributed by atoms with Crippen LogP contribution in [0.2, 0.25) is 0 Å². The number of carbonyl (C=O) groups is 1. The summed E-state index contributed by atoms with van der Waals surface area (Å²) in [4.78, 5) is 11.9. The number of phenols is 1. The Kier molecular flexibility index (Phi) is 5.46. The molecule has 3 rings (SSSR count). The Hall–Kier alpha value is -3.27. The zero-order chi connectivity index (χ0) is 19.3. The van der Waals surface area contributed by atoms with E-state index in [1.165, 1.54) is 11.6 Å². The predicted octanol–water partition coefficient (Wildman–Crippen LogP) is 5.43. The highest BCUT2D eigenvalue weighted by molar-refractivity contribution is 5.64. The minimum atomic E-state index is -0.812. The van der Waals surface area contributed by atoms with Crippen LogP contribution in [-0.2, 0) is 16.8 Å². The molecule has 0 aliphatic rings. The van der Waals surface area contributed by atoms with Crippen molar-refractivity contribution in [2.45, 2.75) is 25.9 Å². The minimum absolute atomic E-state index is 0.0510. The highest BCUT2D eigenvalue weighted by atomic mass is 16.7. The zero-order valence-electron chi connectivity index (χ0n) is 15.4. The molecule has 0 radical (unpaired) electrons. The van der Waals surface area contributed by atoms with Crippen LogP contribution in [0.4, 0.5) is 4.79 Å². The number of rotatable bonds is 5. The van der Waals surface area contributed by atoms with E-state index in [4.69, 9.17) is 9.47 Å². The number of hydrogen-bond donors (Lipinski definition) is 1. The molecular weight excluding hydrogens is 340 g/mol. The number of aromatic hydroxyl groups is 1. The third-order valence-electron chi connectivity index (χ3n) is 4.61. The van der Waals surface area contributed by atoms with Gasteiger partial charge in [-0.3, -0.25) is 0 Å². The third kappa shape index (κ3) is 4.47. The van der Waals surface area contributed by atoms with Crippen LogP contribution < -0.4 is 4.74 Å². The van der Waals surface area contributed by atoms with Crippen molar-refractivity contribution < 1.29 is 19.4 Å². The number of phenolic OH excluding ortho intramolecular Hbond substituents is 1. The largest absolute Gasteiger partial charge is 0.514 e. The molecule has 3 aromatic rings. The van der Waals surface area contributed by atoms with Crippen molar-refractivity contribution in [1.82, 2.24) is 0 Å². The lowest BCUT2D eigenvalue weighted by molar-refractivity contribution is 0.0921. The van der Waals surface area contributed by atoms with Gasteiger partial charge >= 0.3 is 6.16 Å². The normalized spacial score (nSPS) is 11.0. The summed E-state index contributed by atoms with van der Waals surface area (Å²) in [5, 5.41) is 9.68. The van der Waals surface area contributed by atoms with E-state index in [9.17, 15) is 9.90 Å². The second-order valence-corrected chi connectivity index (χ2v) is 6.78. The van der Waals surface area contributed by atoms with Crippen molar-refractivity contribution in [3.05, 3.63) is 95.6 Å². The summed E-state index contributed by atoms with van der Waals surface area (Å²) in [6.07, 6.45) is -0.812. The molecule has 27 heavy (non-hydrogen) atoms. The van der Waals surface area contributed by atoms with Gasteiger partial charge in [-0.1, -0.05) is 74.5 Å². The molecule has 0 spiro atoms. The van der Waals surface area contributed by atoms with E-state index >= 15 is 0 Å². The molecule has 4 nitrogen and oxygen atoms in total. The van der Waals surface area contributed by atoms with Gasteiger partial charge in [0.1, 0.15) is 18.1 Å². The van der Waals surface area contributed by atoms with Crippen LogP contribution in [0.25, 0.3) is 0 Å². The van der Waals surface area contributed by atoms with Gasteiger partial charge in [0, 0.05) is 11.0 Å².